The Balaban J connectivity index is 1.79. The molecule has 0 spiro atoms. The molecule has 104 valence electrons. The molecule has 5 nitrogen and oxygen atoms in total. The molecule has 6 heteroatoms. The Morgan fingerprint density at radius 1 is 1.32 bits per heavy atom. The van der Waals surface area contributed by atoms with Crippen molar-refractivity contribution < 1.29 is 0 Å². The van der Waals surface area contributed by atoms with Gasteiger partial charge in [0.05, 0.1) is 11.2 Å². The lowest BCUT2D eigenvalue weighted by Crippen LogP contribution is -2.38. The Morgan fingerprint density at radius 2 is 2.05 bits per heavy atom. The van der Waals surface area contributed by atoms with E-state index in [2.05, 4.69) is 15.5 Å². The summed E-state index contributed by atoms with van der Waals surface area (Å²) in [6, 6.07) is 0. The summed E-state index contributed by atoms with van der Waals surface area (Å²) in [5.41, 5.74) is 3.54. The minimum atomic E-state index is -0.107. The highest BCUT2D eigenvalue weighted by Crippen LogP contribution is 2.30. The van der Waals surface area contributed by atoms with Gasteiger partial charge < -0.3 is 5.43 Å². The average molecular weight is 283 g/mol. The fourth-order valence-electron chi connectivity index (χ4n) is 2.41. The van der Waals surface area contributed by atoms with Crippen LogP contribution in [0.15, 0.2) is 11.0 Å². The van der Waals surface area contributed by atoms with Crippen LogP contribution in [-0.2, 0) is 6.54 Å². The molecule has 1 N–H and O–H groups in total. The van der Waals surface area contributed by atoms with Crippen molar-refractivity contribution in [2.75, 3.05) is 18.5 Å². The predicted octanol–water partition coefficient (Wildman–Crippen LogP) is 2.12. The second-order valence-corrected chi connectivity index (χ2v) is 5.86. The molecule has 1 saturated heterocycles. The number of hydrogen-bond acceptors (Lipinski definition) is 4. The summed E-state index contributed by atoms with van der Waals surface area (Å²) >= 11 is 6.11. The normalized spacial score (nSPS) is 20.5. The summed E-state index contributed by atoms with van der Waals surface area (Å²) < 4.78 is 1.54. The number of rotatable bonds is 4. The van der Waals surface area contributed by atoms with E-state index in [9.17, 15) is 4.79 Å². The predicted molar refractivity (Wildman–Crippen MR) is 75.3 cm³/mol. The largest absolute Gasteiger partial charge is 0.313 e. The SMILES string of the molecule is O=c1c(NN2CCCCC2)c(Cl)cnn1CC1CC1. The average Bonchev–Trinajstić information content (AvgIpc) is 3.23. The van der Waals surface area contributed by atoms with Crippen LogP contribution in [-0.4, -0.2) is 27.9 Å². The number of piperidine rings is 1. The first kappa shape index (κ1) is 12.9. The van der Waals surface area contributed by atoms with Crippen molar-refractivity contribution in [3.8, 4) is 0 Å². The first-order valence-corrected chi connectivity index (χ1v) is 7.39. The van der Waals surface area contributed by atoms with Crippen LogP contribution in [0.3, 0.4) is 0 Å². The molecule has 1 aliphatic carbocycles. The molecule has 1 aliphatic heterocycles. The topological polar surface area (TPSA) is 50.2 Å². The molecule has 0 unspecified atom stereocenters. The summed E-state index contributed by atoms with van der Waals surface area (Å²) in [6.45, 7) is 2.63. The first-order valence-electron chi connectivity index (χ1n) is 7.01. The minimum absolute atomic E-state index is 0.107. The zero-order chi connectivity index (χ0) is 13.2. The second kappa shape index (κ2) is 5.51. The van der Waals surface area contributed by atoms with Gasteiger partial charge in [0, 0.05) is 19.6 Å². The van der Waals surface area contributed by atoms with Crippen molar-refractivity contribution >= 4 is 17.3 Å². The van der Waals surface area contributed by atoms with Crippen LogP contribution >= 0.6 is 11.6 Å². The third-order valence-corrected chi connectivity index (χ3v) is 4.04. The van der Waals surface area contributed by atoms with Crippen LogP contribution in [0, 0.1) is 5.92 Å². The van der Waals surface area contributed by atoms with Gasteiger partial charge in [0.25, 0.3) is 5.56 Å². The van der Waals surface area contributed by atoms with Gasteiger partial charge in [-0.15, -0.1) is 0 Å². The minimum Gasteiger partial charge on any atom is -0.313 e. The lowest BCUT2D eigenvalue weighted by molar-refractivity contribution is 0.272. The maximum absolute atomic E-state index is 12.4. The van der Waals surface area contributed by atoms with E-state index in [4.69, 9.17) is 11.6 Å². The van der Waals surface area contributed by atoms with E-state index >= 15 is 0 Å². The fourth-order valence-corrected chi connectivity index (χ4v) is 2.58. The summed E-state index contributed by atoms with van der Waals surface area (Å²) in [4.78, 5) is 12.4. The van der Waals surface area contributed by atoms with Crippen LogP contribution < -0.4 is 11.0 Å². The van der Waals surface area contributed by atoms with Crippen molar-refractivity contribution in [3.05, 3.63) is 21.6 Å². The van der Waals surface area contributed by atoms with E-state index < -0.39 is 0 Å². The fraction of sp³-hybridized carbons (Fsp3) is 0.692. The lowest BCUT2D eigenvalue weighted by Gasteiger charge is -2.27. The van der Waals surface area contributed by atoms with E-state index in [1.54, 1.807) is 6.20 Å². The Kier molecular flexibility index (Phi) is 3.75. The summed E-state index contributed by atoms with van der Waals surface area (Å²) in [5, 5.41) is 6.61. The van der Waals surface area contributed by atoms with Crippen LogP contribution in [0.4, 0.5) is 5.69 Å². The number of aromatic nitrogens is 2. The van der Waals surface area contributed by atoms with Crippen molar-refractivity contribution in [3.63, 3.8) is 0 Å². The third kappa shape index (κ3) is 3.09. The molecule has 1 aromatic rings. The maximum atomic E-state index is 12.4. The lowest BCUT2D eigenvalue weighted by atomic mass is 10.2. The van der Waals surface area contributed by atoms with Gasteiger partial charge in [0.1, 0.15) is 5.69 Å². The molecule has 0 bridgehead atoms. The Hall–Kier alpha value is -1.07. The standard InChI is InChI=1S/C13H19ClN4O/c14-11-8-15-18(9-10-4-5-10)13(19)12(11)16-17-6-2-1-3-7-17/h8,10,16H,1-7,9H2. The molecule has 0 aromatic carbocycles. The monoisotopic (exact) mass is 282 g/mol. The molecule has 0 amide bonds. The molecule has 2 fully saturated rings. The molecular weight excluding hydrogens is 264 g/mol. The van der Waals surface area contributed by atoms with Crippen LogP contribution in [0.2, 0.25) is 5.02 Å². The van der Waals surface area contributed by atoms with Gasteiger partial charge in [-0.25, -0.2) is 9.69 Å². The number of anilines is 1. The number of nitrogens with one attached hydrogen (secondary N) is 1. The molecular formula is C13H19ClN4O. The highest BCUT2D eigenvalue weighted by molar-refractivity contribution is 6.32. The van der Waals surface area contributed by atoms with Gasteiger partial charge in [0.15, 0.2) is 0 Å². The van der Waals surface area contributed by atoms with Crippen LogP contribution in [0.1, 0.15) is 32.1 Å². The van der Waals surface area contributed by atoms with Crippen molar-refractivity contribution in [1.29, 1.82) is 0 Å². The van der Waals surface area contributed by atoms with Crippen molar-refractivity contribution in [2.45, 2.75) is 38.6 Å². The Labute approximate surface area is 117 Å². The van der Waals surface area contributed by atoms with Gasteiger partial charge in [-0.3, -0.25) is 4.79 Å². The van der Waals surface area contributed by atoms with Gasteiger partial charge in [-0.1, -0.05) is 18.0 Å². The molecule has 1 aromatic heterocycles. The number of hydrogen-bond donors (Lipinski definition) is 1. The molecule has 0 radical (unpaired) electrons. The molecule has 2 aliphatic rings. The summed E-state index contributed by atoms with van der Waals surface area (Å²) in [6.07, 6.45) is 7.54. The summed E-state index contributed by atoms with van der Waals surface area (Å²) in [7, 11) is 0. The van der Waals surface area contributed by atoms with Gasteiger partial charge in [-0.05, 0) is 31.6 Å². The van der Waals surface area contributed by atoms with Gasteiger partial charge in [0.2, 0.25) is 0 Å². The second-order valence-electron chi connectivity index (χ2n) is 5.46. The maximum Gasteiger partial charge on any atom is 0.292 e. The van der Waals surface area contributed by atoms with Gasteiger partial charge in [-0.2, -0.15) is 5.10 Å². The first-order chi connectivity index (χ1) is 9.24. The molecule has 19 heavy (non-hydrogen) atoms. The van der Waals surface area contributed by atoms with E-state index in [-0.39, 0.29) is 5.56 Å². The number of halogens is 1. The van der Waals surface area contributed by atoms with Crippen molar-refractivity contribution in [2.24, 2.45) is 5.92 Å². The molecule has 2 heterocycles. The van der Waals surface area contributed by atoms with E-state index in [0.717, 1.165) is 25.9 Å². The van der Waals surface area contributed by atoms with Gasteiger partial charge >= 0.3 is 0 Å². The third-order valence-electron chi connectivity index (χ3n) is 3.75. The zero-order valence-corrected chi connectivity index (χ0v) is 11.7. The highest BCUT2D eigenvalue weighted by Gasteiger charge is 2.24. The van der Waals surface area contributed by atoms with E-state index in [0.29, 0.717) is 23.2 Å². The Bertz CT molecular complexity index is 506. The van der Waals surface area contributed by atoms with Crippen molar-refractivity contribution in [1.82, 2.24) is 14.8 Å². The summed E-state index contributed by atoms with van der Waals surface area (Å²) in [5.74, 6) is 0.620. The quantitative estimate of drug-likeness (QED) is 0.919. The number of hydrazine groups is 1. The zero-order valence-electron chi connectivity index (χ0n) is 10.9. The highest BCUT2D eigenvalue weighted by atomic mass is 35.5. The van der Waals surface area contributed by atoms with Crippen LogP contribution in [0.5, 0.6) is 0 Å². The number of nitrogens with zero attached hydrogens (tertiary/aromatic N) is 3. The van der Waals surface area contributed by atoms with E-state index in [1.807, 2.05) is 0 Å². The van der Waals surface area contributed by atoms with Crippen LogP contribution in [0.25, 0.3) is 0 Å². The van der Waals surface area contributed by atoms with E-state index in [1.165, 1.54) is 23.9 Å². The molecule has 3 rings (SSSR count). The molecule has 0 atom stereocenters. The molecule has 1 saturated carbocycles. The smallest absolute Gasteiger partial charge is 0.292 e. The Morgan fingerprint density at radius 3 is 2.74 bits per heavy atom.